The van der Waals surface area contributed by atoms with E-state index in [9.17, 15) is 9.59 Å². The van der Waals surface area contributed by atoms with Gasteiger partial charge in [0.2, 0.25) is 5.91 Å². The van der Waals surface area contributed by atoms with Crippen molar-refractivity contribution in [1.29, 1.82) is 0 Å². The van der Waals surface area contributed by atoms with Gasteiger partial charge in [-0.1, -0.05) is 23.8 Å². The van der Waals surface area contributed by atoms with Gasteiger partial charge in [0.25, 0.3) is 0 Å². The van der Waals surface area contributed by atoms with Crippen molar-refractivity contribution in [2.24, 2.45) is 0 Å². The van der Waals surface area contributed by atoms with Gasteiger partial charge in [0, 0.05) is 10.9 Å². The summed E-state index contributed by atoms with van der Waals surface area (Å²) < 4.78 is 0. The Kier molecular flexibility index (Phi) is 3.14. The predicted octanol–water partition coefficient (Wildman–Crippen LogP) is 2.29. The topological polar surface area (TPSA) is 59.1 Å². The summed E-state index contributed by atoms with van der Waals surface area (Å²) in [4.78, 5) is 28.3. The third-order valence-electron chi connectivity index (χ3n) is 3.41. The van der Waals surface area contributed by atoms with Crippen molar-refractivity contribution >= 4 is 23.0 Å². The van der Waals surface area contributed by atoms with Gasteiger partial charge in [-0.25, -0.2) is 4.98 Å². The molecule has 1 aliphatic rings. The predicted molar refractivity (Wildman–Crippen MR) is 77.6 cm³/mol. The number of nitrogens with one attached hydrogen (secondary N) is 1. The smallest absolute Gasteiger partial charge is 0.238 e. The first kappa shape index (κ1) is 13.0. The van der Waals surface area contributed by atoms with Crippen molar-refractivity contribution in [3.63, 3.8) is 0 Å². The van der Waals surface area contributed by atoms with E-state index in [1.54, 1.807) is 6.92 Å². The van der Waals surface area contributed by atoms with Gasteiger partial charge in [0.05, 0.1) is 11.7 Å². The number of nitrogens with zero attached hydrogens (tertiary/aromatic N) is 1. The molecule has 4 nitrogen and oxygen atoms in total. The number of carbonyl (C=O) groups is 2. The molecular weight excluding hydrogens is 272 g/mol. The lowest BCUT2D eigenvalue weighted by molar-refractivity contribution is -0.124. The molecule has 0 aliphatic carbocycles. The van der Waals surface area contributed by atoms with E-state index in [4.69, 9.17) is 0 Å². The van der Waals surface area contributed by atoms with Crippen molar-refractivity contribution in [3.8, 4) is 11.3 Å². The molecule has 5 heteroatoms. The Morgan fingerprint density at radius 1 is 1.30 bits per heavy atom. The molecule has 0 spiro atoms. The molecule has 1 saturated heterocycles. The van der Waals surface area contributed by atoms with Crippen LogP contribution in [0.3, 0.4) is 0 Å². The number of thiazole rings is 1. The number of Topliss-reactive ketones (excluding diaryl/α,β-unsaturated/α-hetero) is 1. The summed E-state index contributed by atoms with van der Waals surface area (Å²) in [5.74, 6) is -1.08. The fourth-order valence-electron chi connectivity index (χ4n) is 2.34. The Morgan fingerprint density at radius 2 is 2.10 bits per heavy atom. The average Bonchev–Trinajstić information content (AvgIpc) is 2.96. The third-order valence-corrected chi connectivity index (χ3v) is 4.32. The molecule has 2 aromatic rings. The van der Waals surface area contributed by atoms with Crippen LogP contribution in [0.4, 0.5) is 0 Å². The van der Waals surface area contributed by atoms with E-state index in [1.807, 2.05) is 36.6 Å². The molecule has 1 aliphatic heterocycles. The van der Waals surface area contributed by atoms with Gasteiger partial charge in [-0.05, 0) is 19.9 Å². The summed E-state index contributed by atoms with van der Waals surface area (Å²) in [6.45, 7) is 3.72. The fraction of sp³-hybridized carbons (Fsp3) is 0.267. The SMILES string of the molecule is Cc1cccc(-c2csc(C3C(=O)NC(C)C3=O)n2)c1. The number of ketones is 1. The first-order valence-corrected chi connectivity index (χ1v) is 7.31. The zero-order valence-corrected chi connectivity index (χ0v) is 12.0. The van der Waals surface area contributed by atoms with Crippen molar-refractivity contribution in [1.82, 2.24) is 10.3 Å². The molecule has 1 aromatic heterocycles. The molecule has 2 heterocycles. The third kappa shape index (κ3) is 2.14. The van der Waals surface area contributed by atoms with E-state index < -0.39 is 12.0 Å². The van der Waals surface area contributed by atoms with Crippen molar-refractivity contribution in [2.75, 3.05) is 0 Å². The maximum Gasteiger partial charge on any atom is 0.238 e. The Labute approximate surface area is 120 Å². The minimum absolute atomic E-state index is 0.0971. The number of amides is 1. The Bertz CT molecular complexity index is 693. The summed E-state index contributed by atoms with van der Waals surface area (Å²) in [7, 11) is 0. The molecule has 20 heavy (non-hydrogen) atoms. The van der Waals surface area contributed by atoms with Gasteiger partial charge in [0.15, 0.2) is 11.7 Å². The summed E-state index contributed by atoms with van der Waals surface area (Å²) >= 11 is 1.36. The second-order valence-electron chi connectivity index (χ2n) is 5.01. The quantitative estimate of drug-likeness (QED) is 0.862. The Hall–Kier alpha value is -2.01. The van der Waals surface area contributed by atoms with Crippen molar-refractivity contribution < 1.29 is 9.59 Å². The van der Waals surface area contributed by atoms with E-state index in [1.165, 1.54) is 11.3 Å². The number of carbonyl (C=O) groups excluding carboxylic acids is 2. The summed E-state index contributed by atoms with van der Waals surface area (Å²) in [5, 5.41) is 5.13. The fourth-order valence-corrected chi connectivity index (χ4v) is 3.27. The largest absolute Gasteiger partial charge is 0.346 e. The highest BCUT2D eigenvalue weighted by Crippen LogP contribution is 2.30. The number of aryl methyl sites for hydroxylation is 1. The molecule has 2 unspecified atom stereocenters. The number of hydrogen-bond acceptors (Lipinski definition) is 4. The lowest BCUT2D eigenvalue weighted by Gasteiger charge is -2.01. The Morgan fingerprint density at radius 3 is 2.75 bits per heavy atom. The van der Waals surface area contributed by atoms with Gasteiger partial charge >= 0.3 is 0 Å². The number of rotatable bonds is 2. The van der Waals surface area contributed by atoms with E-state index in [2.05, 4.69) is 10.3 Å². The first-order chi connectivity index (χ1) is 9.56. The monoisotopic (exact) mass is 286 g/mol. The van der Waals surface area contributed by atoms with Crippen LogP contribution in [0.5, 0.6) is 0 Å². The molecule has 3 rings (SSSR count). The van der Waals surface area contributed by atoms with E-state index in [0.717, 1.165) is 16.8 Å². The minimum atomic E-state index is -0.742. The standard InChI is InChI=1S/C15H14N2O2S/c1-8-4-3-5-10(6-8)11-7-20-15(17-11)12-13(18)9(2)16-14(12)19/h3-7,9,12H,1-2H3,(H,16,19). The minimum Gasteiger partial charge on any atom is -0.346 e. The second-order valence-corrected chi connectivity index (χ2v) is 5.90. The molecule has 0 saturated carbocycles. The zero-order chi connectivity index (χ0) is 14.3. The average molecular weight is 286 g/mol. The van der Waals surface area contributed by atoms with Crippen molar-refractivity contribution in [2.45, 2.75) is 25.8 Å². The van der Waals surface area contributed by atoms with Crippen LogP contribution in [0, 0.1) is 6.92 Å². The summed E-state index contributed by atoms with van der Waals surface area (Å²) in [6, 6.07) is 7.59. The van der Waals surface area contributed by atoms with Crippen LogP contribution in [0.25, 0.3) is 11.3 Å². The molecule has 0 bridgehead atoms. The van der Waals surface area contributed by atoms with Gasteiger partial charge in [0.1, 0.15) is 5.01 Å². The van der Waals surface area contributed by atoms with Crippen LogP contribution in [-0.4, -0.2) is 22.7 Å². The molecule has 0 radical (unpaired) electrons. The molecule has 2 atom stereocenters. The zero-order valence-electron chi connectivity index (χ0n) is 11.2. The number of hydrogen-bond donors (Lipinski definition) is 1. The number of aromatic nitrogens is 1. The molecule has 1 aromatic carbocycles. The lowest BCUT2D eigenvalue weighted by Crippen LogP contribution is -2.25. The van der Waals surface area contributed by atoms with Gasteiger partial charge in [-0.3, -0.25) is 9.59 Å². The summed E-state index contributed by atoms with van der Waals surface area (Å²) in [6.07, 6.45) is 0. The van der Waals surface area contributed by atoms with Gasteiger partial charge in [-0.2, -0.15) is 0 Å². The van der Waals surface area contributed by atoms with E-state index in [-0.39, 0.29) is 11.7 Å². The van der Waals surface area contributed by atoms with Gasteiger partial charge < -0.3 is 5.32 Å². The van der Waals surface area contributed by atoms with E-state index in [0.29, 0.717) is 5.01 Å². The maximum absolute atomic E-state index is 12.0. The highest BCUT2D eigenvalue weighted by molar-refractivity contribution is 7.10. The van der Waals surface area contributed by atoms with Gasteiger partial charge in [-0.15, -0.1) is 11.3 Å². The molecular formula is C15H14N2O2S. The van der Waals surface area contributed by atoms with Crippen molar-refractivity contribution in [3.05, 3.63) is 40.2 Å². The van der Waals surface area contributed by atoms with Crippen LogP contribution in [0.2, 0.25) is 0 Å². The highest BCUT2D eigenvalue weighted by Gasteiger charge is 2.41. The summed E-state index contributed by atoms with van der Waals surface area (Å²) in [5.41, 5.74) is 2.97. The normalized spacial score (nSPS) is 22.1. The number of benzene rings is 1. The first-order valence-electron chi connectivity index (χ1n) is 6.43. The lowest BCUT2D eigenvalue weighted by atomic mass is 10.0. The highest BCUT2D eigenvalue weighted by atomic mass is 32.1. The van der Waals surface area contributed by atoms with Crippen LogP contribution >= 0.6 is 11.3 Å². The molecule has 1 N–H and O–H groups in total. The molecule has 1 amide bonds. The maximum atomic E-state index is 12.0. The van der Waals surface area contributed by atoms with Crippen LogP contribution < -0.4 is 5.32 Å². The Balaban J connectivity index is 1.95. The molecule has 1 fully saturated rings. The van der Waals surface area contributed by atoms with Crippen LogP contribution in [0.15, 0.2) is 29.6 Å². The van der Waals surface area contributed by atoms with E-state index >= 15 is 0 Å². The van der Waals surface area contributed by atoms with Crippen LogP contribution in [-0.2, 0) is 9.59 Å². The molecule has 102 valence electrons. The second kappa shape index (κ2) is 4.83. The van der Waals surface area contributed by atoms with Crippen LogP contribution in [0.1, 0.15) is 23.4 Å².